The van der Waals surface area contributed by atoms with E-state index in [1.807, 2.05) is 43.3 Å². The van der Waals surface area contributed by atoms with Crippen LogP contribution >= 0.6 is 0 Å². The highest BCUT2D eigenvalue weighted by atomic mass is 16.2. The molecule has 5 nitrogen and oxygen atoms in total. The van der Waals surface area contributed by atoms with Crippen LogP contribution in [-0.4, -0.2) is 23.3 Å². The molecule has 1 fully saturated rings. The van der Waals surface area contributed by atoms with E-state index in [0.29, 0.717) is 13.1 Å². The van der Waals surface area contributed by atoms with Crippen LogP contribution in [0.1, 0.15) is 17.5 Å². The molecule has 1 aromatic carbocycles. The third kappa shape index (κ3) is 3.56. The van der Waals surface area contributed by atoms with Gasteiger partial charge in [0.1, 0.15) is 0 Å². The first-order valence-corrected chi connectivity index (χ1v) is 7.67. The van der Waals surface area contributed by atoms with E-state index in [0.717, 1.165) is 16.8 Å². The van der Waals surface area contributed by atoms with E-state index < -0.39 is 0 Å². The van der Waals surface area contributed by atoms with Crippen LogP contribution < -0.4 is 10.2 Å². The van der Waals surface area contributed by atoms with Crippen molar-refractivity contribution < 1.29 is 9.59 Å². The van der Waals surface area contributed by atoms with Crippen molar-refractivity contribution in [2.24, 2.45) is 5.92 Å². The molecular weight excluding hydrogens is 290 g/mol. The van der Waals surface area contributed by atoms with Crippen molar-refractivity contribution in [3.05, 3.63) is 59.9 Å². The van der Waals surface area contributed by atoms with Gasteiger partial charge in [-0.15, -0.1) is 0 Å². The number of hydrogen-bond donors (Lipinski definition) is 1. The zero-order valence-electron chi connectivity index (χ0n) is 13.0. The maximum Gasteiger partial charge on any atom is 0.227 e. The average molecular weight is 309 g/mol. The standard InChI is InChI=1S/C18H19N3O2/c1-13-4-2-6-16(8-13)21-12-15(9-17(21)22)18(23)20-11-14-5-3-7-19-10-14/h2-8,10,15H,9,11-12H2,1H3,(H,20,23)/t15-/m0/s1. The third-order valence-electron chi connectivity index (χ3n) is 4.00. The van der Waals surface area contributed by atoms with Crippen molar-refractivity contribution in [3.63, 3.8) is 0 Å². The third-order valence-corrected chi connectivity index (χ3v) is 4.00. The molecule has 5 heteroatoms. The molecule has 0 bridgehead atoms. The van der Waals surface area contributed by atoms with Gasteiger partial charge in [0.25, 0.3) is 0 Å². The predicted molar refractivity (Wildman–Crippen MR) is 87.7 cm³/mol. The Hall–Kier alpha value is -2.69. The number of rotatable bonds is 4. The van der Waals surface area contributed by atoms with E-state index in [-0.39, 0.29) is 24.2 Å². The second-order valence-electron chi connectivity index (χ2n) is 5.82. The van der Waals surface area contributed by atoms with Gasteiger partial charge in [0.2, 0.25) is 11.8 Å². The highest BCUT2D eigenvalue weighted by Crippen LogP contribution is 2.25. The molecular formula is C18H19N3O2. The lowest BCUT2D eigenvalue weighted by Gasteiger charge is -2.17. The molecule has 1 aliphatic heterocycles. The van der Waals surface area contributed by atoms with Gasteiger partial charge in [-0.3, -0.25) is 14.6 Å². The molecule has 3 rings (SSSR count). The average Bonchev–Trinajstić information content (AvgIpc) is 2.95. The van der Waals surface area contributed by atoms with Crippen molar-refractivity contribution in [3.8, 4) is 0 Å². The van der Waals surface area contributed by atoms with E-state index >= 15 is 0 Å². The summed E-state index contributed by atoms with van der Waals surface area (Å²) in [6, 6.07) is 11.5. The first-order valence-electron chi connectivity index (χ1n) is 7.67. The lowest BCUT2D eigenvalue weighted by molar-refractivity contribution is -0.126. The Bertz CT molecular complexity index is 715. The minimum absolute atomic E-state index is 0.00266. The molecule has 1 atom stereocenters. The predicted octanol–water partition coefficient (Wildman–Crippen LogP) is 2.06. The van der Waals surface area contributed by atoms with Gasteiger partial charge in [0.15, 0.2) is 0 Å². The molecule has 1 aliphatic rings. The molecule has 1 aromatic heterocycles. The molecule has 0 saturated carbocycles. The number of aromatic nitrogens is 1. The fourth-order valence-corrected chi connectivity index (χ4v) is 2.76. The quantitative estimate of drug-likeness (QED) is 0.940. The highest BCUT2D eigenvalue weighted by Gasteiger charge is 2.34. The Balaban J connectivity index is 1.62. The van der Waals surface area contributed by atoms with Crippen LogP contribution in [0.5, 0.6) is 0 Å². The summed E-state index contributed by atoms with van der Waals surface area (Å²) in [7, 11) is 0. The first kappa shape index (κ1) is 15.2. The monoisotopic (exact) mass is 309 g/mol. The number of benzene rings is 1. The molecule has 118 valence electrons. The van der Waals surface area contributed by atoms with E-state index in [1.54, 1.807) is 17.3 Å². The smallest absolute Gasteiger partial charge is 0.227 e. The summed E-state index contributed by atoms with van der Waals surface area (Å²) >= 11 is 0. The minimum atomic E-state index is -0.306. The van der Waals surface area contributed by atoms with Crippen LogP contribution in [-0.2, 0) is 16.1 Å². The molecule has 0 radical (unpaired) electrons. The number of pyridine rings is 1. The lowest BCUT2D eigenvalue weighted by atomic mass is 10.1. The van der Waals surface area contributed by atoms with E-state index in [4.69, 9.17) is 0 Å². The number of nitrogens with zero attached hydrogens (tertiary/aromatic N) is 2. The first-order chi connectivity index (χ1) is 11.1. The molecule has 2 heterocycles. The van der Waals surface area contributed by atoms with Crippen molar-refractivity contribution in [2.75, 3.05) is 11.4 Å². The number of amides is 2. The molecule has 1 N–H and O–H groups in total. The van der Waals surface area contributed by atoms with Gasteiger partial charge in [0.05, 0.1) is 5.92 Å². The largest absolute Gasteiger partial charge is 0.352 e. The maximum absolute atomic E-state index is 12.3. The van der Waals surface area contributed by atoms with Crippen LogP contribution in [0.15, 0.2) is 48.8 Å². The molecule has 23 heavy (non-hydrogen) atoms. The van der Waals surface area contributed by atoms with Gasteiger partial charge in [-0.2, -0.15) is 0 Å². The number of anilines is 1. The van der Waals surface area contributed by atoms with Crippen LogP contribution in [0.3, 0.4) is 0 Å². The van der Waals surface area contributed by atoms with Crippen molar-refractivity contribution in [2.45, 2.75) is 19.9 Å². The number of nitrogens with one attached hydrogen (secondary N) is 1. The van der Waals surface area contributed by atoms with Crippen molar-refractivity contribution >= 4 is 17.5 Å². The molecule has 0 aliphatic carbocycles. The van der Waals surface area contributed by atoms with Crippen molar-refractivity contribution in [1.29, 1.82) is 0 Å². The van der Waals surface area contributed by atoms with Crippen LogP contribution in [0.2, 0.25) is 0 Å². The van der Waals surface area contributed by atoms with Gasteiger partial charge >= 0.3 is 0 Å². The summed E-state index contributed by atoms with van der Waals surface area (Å²) in [6.07, 6.45) is 3.67. The van der Waals surface area contributed by atoms with Crippen LogP contribution in [0.4, 0.5) is 5.69 Å². The van der Waals surface area contributed by atoms with Crippen molar-refractivity contribution in [1.82, 2.24) is 10.3 Å². The van der Waals surface area contributed by atoms with Gasteiger partial charge in [-0.1, -0.05) is 18.2 Å². The molecule has 0 unspecified atom stereocenters. The summed E-state index contributed by atoms with van der Waals surface area (Å²) < 4.78 is 0. The van der Waals surface area contributed by atoms with Crippen LogP contribution in [0, 0.1) is 12.8 Å². The van der Waals surface area contributed by atoms with Gasteiger partial charge in [-0.25, -0.2) is 0 Å². The number of carbonyl (C=O) groups excluding carboxylic acids is 2. The number of aryl methyl sites for hydroxylation is 1. The summed E-state index contributed by atoms with van der Waals surface area (Å²) in [5, 5.41) is 2.89. The second kappa shape index (κ2) is 6.60. The maximum atomic E-state index is 12.3. The summed E-state index contributed by atoms with van der Waals surface area (Å²) in [5.74, 6) is -0.394. The Morgan fingerprint density at radius 2 is 2.22 bits per heavy atom. The second-order valence-corrected chi connectivity index (χ2v) is 5.82. The van der Waals surface area contributed by atoms with E-state index in [9.17, 15) is 9.59 Å². The van der Waals surface area contributed by atoms with E-state index in [2.05, 4.69) is 10.3 Å². The summed E-state index contributed by atoms with van der Waals surface area (Å²) in [5.41, 5.74) is 2.90. The SMILES string of the molecule is Cc1cccc(N2C[C@@H](C(=O)NCc3cccnc3)CC2=O)c1. The fraction of sp³-hybridized carbons (Fsp3) is 0.278. The number of carbonyl (C=O) groups is 2. The zero-order valence-corrected chi connectivity index (χ0v) is 13.0. The number of hydrogen-bond acceptors (Lipinski definition) is 3. The summed E-state index contributed by atoms with van der Waals surface area (Å²) in [6.45, 7) is 2.85. The Kier molecular flexibility index (Phi) is 4.37. The van der Waals surface area contributed by atoms with Gasteiger partial charge < -0.3 is 10.2 Å². The molecule has 2 aromatic rings. The Labute approximate surface area is 135 Å². The molecule has 1 saturated heterocycles. The fourth-order valence-electron chi connectivity index (χ4n) is 2.76. The summed E-state index contributed by atoms with van der Waals surface area (Å²) in [4.78, 5) is 30.2. The van der Waals surface area contributed by atoms with Gasteiger partial charge in [-0.05, 0) is 36.2 Å². The lowest BCUT2D eigenvalue weighted by Crippen LogP contribution is -2.32. The molecule has 0 spiro atoms. The van der Waals surface area contributed by atoms with E-state index in [1.165, 1.54) is 0 Å². The topological polar surface area (TPSA) is 62.3 Å². The van der Waals surface area contributed by atoms with Gasteiger partial charge in [0, 0.05) is 37.6 Å². The zero-order chi connectivity index (χ0) is 16.2. The highest BCUT2D eigenvalue weighted by molar-refractivity contribution is 6.00. The molecule has 2 amide bonds. The normalized spacial score (nSPS) is 17.3. The Morgan fingerprint density at radius 3 is 2.96 bits per heavy atom. The Morgan fingerprint density at radius 1 is 1.35 bits per heavy atom. The minimum Gasteiger partial charge on any atom is -0.352 e. The van der Waals surface area contributed by atoms with Crippen LogP contribution in [0.25, 0.3) is 0 Å².